The molecule has 0 aromatic heterocycles. The van der Waals surface area contributed by atoms with Crippen LogP contribution in [-0.2, 0) is 4.74 Å². The van der Waals surface area contributed by atoms with Crippen LogP contribution >= 0.6 is 0 Å². The number of rotatable bonds is 1. The average molecular weight is 175 g/mol. The van der Waals surface area contributed by atoms with Crippen LogP contribution in [0.1, 0.15) is 17.5 Å². The maximum Gasteiger partial charge on any atom is 0.216 e. The molecule has 2 heteroatoms. The van der Waals surface area contributed by atoms with E-state index in [0.717, 1.165) is 31.0 Å². The Bertz CT molecular complexity index is 313. The lowest BCUT2D eigenvalue weighted by Gasteiger charge is -2.13. The number of benzene rings is 1. The molecule has 0 spiro atoms. The molecule has 0 amide bonds. The zero-order valence-corrected chi connectivity index (χ0v) is 7.79. The monoisotopic (exact) mass is 175 g/mol. The summed E-state index contributed by atoms with van der Waals surface area (Å²) >= 11 is 0. The van der Waals surface area contributed by atoms with Gasteiger partial charge in [-0.1, -0.05) is 17.7 Å². The van der Waals surface area contributed by atoms with Crippen molar-refractivity contribution in [1.82, 2.24) is 0 Å². The number of hydrogen-bond donors (Lipinski definition) is 0. The molecule has 2 rings (SSSR count). The van der Waals surface area contributed by atoms with Crippen molar-refractivity contribution in [3.8, 4) is 0 Å². The molecule has 13 heavy (non-hydrogen) atoms. The fourth-order valence-electron chi connectivity index (χ4n) is 1.33. The lowest BCUT2D eigenvalue weighted by molar-refractivity contribution is 0.284. The topological polar surface area (TPSA) is 21.6 Å². The Morgan fingerprint density at radius 3 is 2.62 bits per heavy atom. The van der Waals surface area contributed by atoms with Gasteiger partial charge in [0.05, 0.1) is 6.61 Å². The molecule has 1 aliphatic rings. The maximum absolute atomic E-state index is 5.45. The lowest BCUT2D eigenvalue weighted by atomic mass is 10.1. The number of ether oxygens (including phenoxy) is 1. The van der Waals surface area contributed by atoms with Gasteiger partial charge in [-0.05, 0) is 19.1 Å². The average Bonchev–Trinajstić information content (AvgIpc) is 2.20. The highest BCUT2D eigenvalue weighted by atomic mass is 16.5. The molecule has 1 heterocycles. The Morgan fingerprint density at radius 1 is 1.23 bits per heavy atom. The second-order valence-electron chi connectivity index (χ2n) is 3.25. The van der Waals surface area contributed by atoms with Crippen molar-refractivity contribution in [3.05, 3.63) is 35.4 Å². The zero-order chi connectivity index (χ0) is 9.10. The lowest BCUT2D eigenvalue weighted by Crippen LogP contribution is -2.14. The van der Waals surface area contributed by atoms with Crippen LogP contribution < -0.4 is 0 Å². The van der Waals surface area contributed by atoms with E-state index in [1.807, 2.05) is 0 Å². The summed E-state index contributed by atoms with van der Waals surface area (Å²) < 4.78 is 5.45. The molecule has 0 radical (unpaired) electrons. The molecule has 0 atom stereocenters. The van der Waals surface area contributed by atoms with Gasteiger partial charge in [0.2, 0.25) is 5.90 Å². The molecule has 1 aromatic rings. The van der Waals surface area contributed by atoms with E-state index >= 15 is 0 Å². The minimum atomic E-state index is 0.797. The molecule has 0 N–H and O–H groups in total. The Hall–Kier alpha value is -1.31. The quantitative estimate of drug-likeness (QED) is 0.641. The van der Waals surface area contributed by atoms with Crippen LogP contribution in [0, 0.1) is 6.92 Å². The van der Waals surface area contributed by atoms with Crippen molar-refractivity contribution in [2.75, 3.05) is 13.2 Å². The number of hydrogen-bond acceptors (Lipinski definition) is 2. The molecule has 1 aromatic carbocycles. The van der Waals surface area contributed by atoms with Crippen LogP contribution in [0.2, 0.25) is 0 Å². The summed E-state index contributed by atoms with van der Waals surface area (Å²) in [5.41, 5.74) is 2.35. The summed E-state index contributed by atoms with van der Waals surface area (Å²) in [7, 11) is 0. The molecular formula is C11H13NO. The van der Waals surface area contributed by atoms with Gasteiger partial charge in [-0.25, -0.2) is 0 Å². The van der Waals surface area contributed by atoms with E-state index in [0.29, 0.717) is 0 Å². The Balaban J connectivity index is 2.24. The third kappa shape index (κ3) is 1.89. The van der Waals surface area contributed by atoms with E-state index in [-0.39, 0.29) is 0 Å². The minimum absolute atomic E-state index is 0.797. The normalized spacial score (nSPS) is 16.2. The molecule has 0 aliphatic carbocycles. The highest BCUT2D eigenvalue weighted by Crippen LogP contribution is 2.08. The fraction of sp³-hybridized carbons (Fsp3) is 0.364. The van der Waals surface area contributed by atoms with Crippen molar-refractivity contribution in [2.45, 2.75) is 13.3 Å². The van der Waals surface area contributed by atoms with Crippen molar-refractivity contribution in [1.29, 1.82) is 0 Å². The minimum Gasteiger partial charge on any atom is -0.477 e. The summed E-state index contributed by atoms with van der Waals surface area (Å²) in [5, 5.41) is 0. The van der Waals surface area contributed by atoms with E-state index < -0.39 is 0 Å². The largest absolute Gasteiger partial charge is 0.477 e. The van der Waals surface area contributed by atoms with E-state index in [9.17, 15) is 0 Å². The standard InChI is InChI=1S/C11H13NO/c1-9-3-5-10(6-4-9)11-12-7-2-8-13-11/h3-6H,2,7-8H2,1H3. The van der Waals surface area contributed by atoms with E-state index in [4.69, 9.17) is 4.74 Å². The van der Waals surface area contributed by atoms with Crippen LogP contribution in [0.25, 0.3) is 0 Å². The highest BCUT2D eigenvalue weighted by molar-refractivity contribution is 5.94. The van der Waals surface area contributed by atoms with Gasteiger partial charge in [-0.3, -0.25) is 4.99 Å². The first kappa shape index (κ1) is 8.30. The van der Waals surface area contributed by atoms with E-state index in [1.54, 1.807) is 0 Å². The molecule has 0 unspecified atom stereocenters. The SMILES string of the molecule is Cc1ccc(C2=NCCCO2)cc1. The molecule has 68 valence electrons. The predicted octanol–water partition coefficient (Wildman–Crippen LogP) is 2.16. The smallest absolute Gasteiger partial charge is 0.216 e. The maximum atomic E-state index is 5.45. The van der Waals surface area contributed by atoms with Crippen LogP contribution in [0.15, 0.2) is 29.3 Å². The van der Waals surface area contributed by atoms with Gasteiger partial charge in [0, 0.05) is 18.5 Å². The second-order valence-corrected chi connectivity index (χ2v) is 3.25. The Morgan fingerprint density at radius 2 is 2.00 bits per heavy atom. The summed E-state index contributed by atoms with van der Waals surface area (Å²) in [4.78, 5) is 4.32. The van der Waals surface area contributed by atoms with Crippen molar-refractivity contribution >= 4 is 5.90 Å². The second kappa shape index (κ2) is 3.60. The molecule has 0 bridgehead atoms. The molecule has 0 saturated heterocycles. The van der Waals surface area contributed by atoms with Crippen LogP contribution in [-0.4, -0.2) is 19.0 Å². The fourth-order valence-corrected chi connectivity index (χ4v) is 1.33. The third-order valence-corrected chi connectivity index (χ3v) is 2.10. The van der Waals surface area contributed by atoms with Gasteiger partial charge >= 0.3 is 0 Å². The third-order valence-electron chi connectivity index (χ3n) is 2.10. The van der Waals surface area contributed by atoms with E-state index in [2.05, 4.69) is 36.2 Å². The summed E-state index contributed by atoms with van der Waals surface area (Å²) in [6, 6.07) is 8.27. The highest BCUT2D eigenvalue weighted by Gasteiger charge is 2.07. The van der Waals surface area contributed by atoms with Gasteiger partial charge in [0.25, 0.3) is 0 Å². The van der Waals surface area contributed by atoms with Crippen molar-refractivity contribution in [2.24, 2.45) is 4.99 Å². The number of nitrogens with zero attached hydrogens (tertiary/aromatic N) is 1. The van der Waals surface area contributed by atoms with Gasteiger partial charge in [0.15, 0.2) is 0 Å². The van der Waals surface area contributed by atoms with E-state index in [1.165, 1.54) is 5.56 Å². The Kier molecular flexibility index (Phi) is 2.30. The molecule has 2 nitrogen and oxygen atoms in total. The summed E-state index contributed by atoms with van der Waals surface area (Å²) in [6.45, 7) is 3.77. The molecular weight excluding hydrogens is 162 g/mol. The summed E-state index contributed by atoms with van der Waals surface area (Å²) in [5.74, 6) is 0.797. The van der Waals surface area contributed by atoms with Gasteiger partial charge in [-0.2, -0.15) is 0 Å². The first-order valence-corrected chi connectivity index (χ1v) is 4.60. The number of aliphatic imine (C=N–C) groups is 1. The van der Waals surface area contributed by atoms with Crippen LogP contribution in [0.4, 0.5) is 0 Å². The Labute approximate surface area is 78.3 Å². The van der Waals surface area contributed by atoms with Crippen molar-refractivity contribution in [3.63, 3.8) is 0 Å². The first-order valence-electron chi connectivity index (χ1n) is 4.60. The zero-order valence-electron chi connectivity index (χ0n) is 7.79. The van der Waals surface area contributed by atoms with Gasteiger partial charge in [0.1, 0.15) is 0 Å². The van der Waals surface area contributed by atoms with Crippen molar-refractivity contribution < 1.29 is 4.74 Å². The molecule has 1 aliphatic heterocycles. The van der Waals surface area contributed by atoms with Gasteiger partial charge in [-0.15, -0.1) is 0 Å². The predicted molar refractivity (Wildman–Crippen MR) is 53.2 cm³/mol. The van der Waals surface area contributed by atoms with Crippen LogP contribution in [0.3, 0.4) is 0 Å². The van der Waals surface area contributed by atoms with Crippen LogP contribution in [0.5, 0.6) is 0 Å². The van der Waals surface area contributed by atoms with Gasteiger partial charge < -0.3 is 4.74 Å². The first-order chi connectivity index (χ1) is 6.36. The molecule has 0 fully saturated rings. The molecule has 0 saturated carbocycles. The number of aryl methyl sites for hydroxylation is 1. The summed E-state index contributed by atoms with van der Waals surface area (Å²) in [6.07, 6.45) is 1.04.